The summed E-state index contributed by atoms with van der Waals surface area (Å²) in [5.74, 6) is -0.763. The monoisotopic (exact) mass is 300 g/mol. The molecule has 7 heteroatoms. The Kier molecular flexibility index (Phi) is 5.01. The third kappa shape index (κ3) is 3.50. The average Bonchev–Trinajstić information content (AvgIpc) is 2.68. The lowest BCUT2D eigenvalue weighted by Gasteiger charge is -2.33. The molecule has 0 saturated carbocycles. The first-order valence-electron chi connectivity index (χ1n) is 6.89. The third-order valence-corrected chi connectivity index (χ3v) is 4.14. The standard InChI is InChI=1S/C13H21ClN4O2/c1-3-18-11(13(14)10(2)15-18)8-16-4-6-17(7-5-16)9-12(19)20/h3-9H2,1-2H3,(H,19,20). The molecule has 0 atom stereocenters. The normalized spacial score (nSPS) is 17.6. The van der Waals surface area contributed by atoms with Gasteiger partial charge in [0, 0.05) is 39.3 Å². The summed E-state index contributed by atoms with van der Waals surface area (Å²) in [4.78, 5) is 14.9. The van der Waals surface area contributed by atoms with Crippen LogP contribution in [0.5, 0.6) is 0 Å². The molecule has 0 amide bonds. The van der Waals surface area contributed by atoms with E-state index in [1.807, 2.05) is 16.5 Å². The van der Waals surface area contributed by atoms with Crippen LogP contribution in [0.4, 0.5) is 0 Å². The highest BCUT2D eigenvalue weighted by atomic mass is 35.5. The average molecular weight is 301 g/mol. The molecule has 0 unspecified atom stereocenters. The van der Waals surface area contributed by atoms with Crippen LogP contribution in [0.25, 0.3) is 0 Å². The predicted octanol–water partition coefficient (Wildman–Crippen LogP) is 1.07. The summed E-state index contributed by atoms with van der Waals surface area (Å²) in [5.41, 5.74) is 1.92. The highest BCUT2D eigenvalue weighted by Crippen LogP contribution is 2.22. The van der Waals surface area contributed by atoms with Gasteiger partial charge in [-0.1, -0.05) is 11.6 Å². The van der Waals surface area contributed by atoms with E-state index >= 15 is 0 Å². The van der Waals surface area contributed by atoms with Crippen molar-refractivity contribution in [2.24, 2.45) is 0 Å². The van der Waals surface area contributed by atoms with E-state index in [4.69, 9.17) is 16.7 Å². The fraction of sp³-hybridized carbons (Fsp3) is 0.692. The first kappa shape index (κ1) is 15.3. The molecule has 1 saturated heterocycles. The zero-order chi connectivity index (χ0) is 14.7. The van der Waals surface area contributed by atoms with Gasteiger partial charge in [0.1, 0.15) is 0 Å². The summed E-state index contributed by atoms with van der Waals surface area (Å²) in [5, 5.41) is 14.0. The number of carboxylic acid groups (broad SMARTS) is 1. The van der Waals surface area contributed by atoms with Crippen LogP contribution < -0.4 is 0 Å². The molecule has 1 aliphatic rings. The topological polar surface area (TPSA) is 61.6 Å². The fourth-order valence-corrected chi connectivity index (χ4v) is 2.72. The van der Waals surface area contributed by atoms with Crippen molar-refractivity contribution in [3.05, 3.63) is 16.4 Å². The molecule has 1 fully saturated rings. The molecular formula is C13H21ClN4O2. The molecule has 20 heavy (non-hydrogen) atoms. The summed E-state index contributed by atoms with van der Waals surface area (Å²) in [7, 11) is 0. The predicted molar refractivity (Wildman–Crippen MR) is 77.0 cm³/mol. The number of halogens is 1. The molecule has 6 nitrogen and oxygen atoms in total. The first-order chi connectivity index (χ1) is 9.51. The second-order valence-corrected chi connectivity index (χ2v) is 5.49. The molecule has 1 N–H and O–H groups in total. The largest absolute Gasteiger partial charge is 0.480 e. The molecule has 2 heterocycles. The maximum Gasteiger partial charge on any atom is 0.317 e. The van der Waals surface area contributed by atoms with E-state index in [1.165, 1.54) is 0 Å². The summed E-state index contributed by atoms with van der Waals surface area (Å²) in [6.45, 7) is 8.96. The Morgan fingerprint density at radius 2 is 1.90 bits per heavy atom. The number of aromatic nitrogens is 2. The highest BCUT2D eigenvalue weighted by Gasteiger charge is 2.21. The van der Waals surface area contributed by atoms with Gasteiger partial charge in [-0.15, -0.1) is 0 Å². The van der Waals surface area contributed by atoms with Gasteiger partial charge >= 0.3 is 5.97 Å². The third-order valence-electron chi connectivity index (χ3n) is 3.65. The van der Waals surface area contributed by atoms with Crippen molar-refractivity contribution in [2.45, 2.75) is 26.9 Å². The number of carboxylic acids is 1. The number of hydrogen-bond acceptors (Lipinski definition) is 4. The zero-order valence-electron chi connectivity index (χ0n) is 12.0. The minimum absolute atomic E-state index is 0.126. The van der Waals surface area contributed by atoms with E-state index in [1.54, 1.807) is 0 Å². The number of hydrogen-bond donors (Lipinski definition) is 1. The van der Waals surface area contributed by atoms with Gasteiger partial charge in [0.05, 0.1) is 23.0 Å². The summed E-state index contributed by atoms with van der Waals surface area (Å²) >= 11 is 6.31. The Balaban J connectivity index is 1.94. The van der Waals surface area contributed by atoms with Crippen molar-refractivity contribution in [1.82, 2.24) is 19.6 Å². The number of aryl methyl sites for hydroxylation is 2. The second-order valence-electron chi connectivity index (χ2n) is 5.11. The number of aliphatic carboxylic acids is 1. The SMILES string of the molecule is CCn1nc(C)c(Cl)c1CN1CCN(CC(=O)O)CC1. The summed E-state index contributed by atoms with van der Waals surface area (Å²) in [6.07, 6.45) is 0. The van der Waals surface area contributed by atoms with Crippen LogP contribution in [0.1, 0.15) is 18.3 Å². The van der Waals surface area contributed by atoms with Crippen LogP contribution in [0.2, 0.25) is 5.02 Å². The van der Waals surface area contributed by atoms with Crippen LogP contribution in [-0.2, 0) is 17.9 Å². The van der Waals surface area contributed by atoms with Crippen LogP contribution in [0.3, 0.4) is 0 Å². The number of nitrogens with zero attached hydrogens (tertiary/aromatic N) is 4. The molecular weight excluding hydrogens is 280 g/mol. The minimum atomic E-state index is -0.763. The Hall–Kier alpha value is -1.11. The van der Waals surface area contributed by atoms with Gasteiger partial charge in [-0.05, 0) is 13.8 Å². The Morgan fingerprint density at radius 3 is 2.45 bits per heavy atom. The second kappa shape index (κ2) is 6.56. The smallest absolute Gasteiger partial charge is 0.317 e. The molecule has 0 spiro atoms. The molecule has 1 aliphatic heterocycles. The van der Waals surface area contributed by atoms with Gasteiger partial charge in [-0.3, -0.25) is 19.3 Å². The lowest BCUT2D eigenvalue weighted by molar-refractivity contribution is -0.138. The molecule has 0 aliphatic carbocycles. The maximum atomic E-state index is 10.7. The Morgan fingerprint density at radius 1 is 1.30 bits per heavy atom. The molecule has 2 rings (SSSR count). The summed E-state index contributed by atoms with van der Waals surface area (Å²) < 4.78 is 1.95. The first-order valence-corrected chi connectivity index (χ1v) is 7.27. The van der Waals surface area contributed by atoms with Crippen LogP contribution in [0.15, 0.2) is 0 Å². The lowest BCUT2D eigenvalue weighted by atomic mass is 10.2. The van der Waals surface area contributed by atoms with E-state index in [0.29, 0.717) is 0 Å². The molecule has 1 aromatic heterocycles. The highest BCUT2D eigenvalue weighted by molar-refractivity contribution is 6.31. The minimum Gasteiger partial charge on any atom is -0.480 e. The van der Waals surface area contributed by atoms with Crippen molar-refractivity contribution >= 4 is 17.6 Å². The van der Waals surface area contributed by atoms with Crippen LogP contribution in [-0.4, -0.2) is 63.4 Å². The van der Waals surface area contributed by atoms with Gasteiger partial charge in [0.2, 0.25) is 0 Å². The molecule has 1 aromatic rings. The van der Waals surface area contributed by atoms with Crippen molar-refractivity contribution in [3.8, 4) is 0 Å². The zero-order valence-corrected chi connectivity index (χ0v) is 12.7. The van der Waals surface area contributed by atoms with Gasteiger partial charge in [0.25, 0.3) is 0 Å². The fourth-order valence-electron chi connectivity index (χ4n) is 2.53. The molecule has 0 aromatic carbocycles. The van der Waals surface area contributed by atoms with E-state index in [0.717, 1.165) is 55.7 Å². The van der Waals surface area contributed by atoms with Crippen LogP contribution in [0, 0.1) is 6.92 Å². The maximum absolute atomic E-state index is 10.7. The Labute approximate surface area is 123 Å². The quantitative estimate of drug-likeness (QED) is 0.881. The van der Waals surface area contributed by atoms with Gasteiger partial charge < -0.3 is 5.11 Å². The molecule has 0 bridgehead atoms. The van der Waals surface area contributed by atoms with Gasteiger partial charge in [0.15, 0.2) is 0 Å². The van der Waals surface area contributed by atoms with Gasteiger partial charge in [-0.2, -0.15) is 5.10 Å². The number of piperazine rings is 1. The van der Waals surface area contributed by atoms with Crippen molar-refractivity contribution in [1.29, 1.82) is 0 Å². The van der Waals surface area contributed by atoms with E-state index in [9.17, 15) is 4.79 Å². The van der Waals surface area contributed by atoms with E-state index in [-0.39, 0.29) is 6.54 Å². The van der Waals surface area contributed by atoms with E-state index in [2.05, 4.69) is 16.9 Å². The molecule has 0 radical (unpaired) electrons. The molecule has 112 valence electrons. The number of rotatable bonds is 5. The van der Waals surface area contributed by atoms with Crippen LogP contribution >= 0.6 is 11.6 Å². The summed E-state index contributed by atoms with van der Waals surface area (Å²) in [6, 6.07) is 0. The van der Waals surface area contributed by atoms with Crippen molar-refractivity contribution in [2.75, 3.05) is 32.7 Å². The number of carbonyl (C=O) groups is 1. The van der Waals surface area contributed by atoms with E-state index < -0.39 is 5.97 Å². The van der Waals surface area contributed by atoms with Gasteiger partial charge in [-0.25, -0.2) is 0 Å². The lowest BCUT2D eigenvalue weighted by Crippen LogP contribution is -2.47. The van der Waals surface area contributed by atoms with Crippen molar-refractivity contribution in [3.63, 3.8) is 0 Å². The Bertz CT molecular complexity index is 481. The van der Waals surface area contributed by atoms with Crippen molar-refractivity contribution < 1.29 is 9.90 Å².